The van der Waals surface area contributed by atoms with Crippen LogP contribution >= 0.6 is 0 Å². The molecule has 1 aliphatic rings. The lowest BCUT2D eigenvalue weighted by molar-refractivity contribution is 0.0929. The van der Waals surface area contributed by atoms with Crippen LogP contribution in [0.3, 0.4) is 0 Å². The Balaban J connectivity index is 1.61. The number of ether oxygens (including phenoxy) is 1. The van der Waals surface area contributed by atoms with Crippen LogP contribution in [0.4, 0.5) is 0 Å². The third-order valence-corrected chi connectivity index (χ3v) is 4.16. The average Bonchev–Trinajstić information content (AvgIpc) is 3.18. The molecular formula is C16H21N5O2. The Kier molecular flexibility index (Phi) is 4.57. The third kappa shape index (κ3) is 3.68. The molecule has 0 saturated heterocycles. The number of rotatable bonds is 5. The van der Waals surface area contributed by atoms with E-state index in [1.807, 2.05) is 24.3 Å². The number of hydrogen-bond acceptors (Lipinski definition) is 5. The van der Waals surface area contributed by atoms with Crippen molar-refractivity contribution >= 4 is 5.91 Å². The van der Waals surface area contributed by atoms with E-state index in [2.05, 4.69) is 15.6 Å². The van der Waals surface area contributed by atoms with Gasteiger partial charge in [0.25, 0.3) is 5.91 Å². The van der Waals surface area contributed by atoms with E-state index in [1.54, 1.807) is 18.0 Å². The highest BCUT2D eigenvalue weighted by Gasteiger charge is 2.26. The molecule has 1 fully saturated rings. The Labute approximate surface area is 134 Å². The van der Waals surface area contributed by atoms with Gasteiger partial charge in [0.15, 0.2) is 5.69 Å². The standard InChI is InChI=1S/C16H21N5O2/c1-23-12-7-5-11(6-8-12)9-21-10-15(19-20-21)16(22)18-14-4-2-3-13(14)17/h5-8,10,13-14H,2-4,9,17H2,1H3,(H,18,22)/t13-,14+/m0/s1. The molecule has 1 amide bonds. The van der Waals surface area contributed by atoms with Crippen molar-refractivity contribution in [2.24, 2.45) is 5.73 Å². The predicted octanol–water partition coefficient (Wildman–Crippen LogP) is 0.945. The number of nitrogens with one attached hydrogen (secondary N) is 1. The number of aromatic nitrogens is 3. The maximum Gasteiger partial charge on any atom is 0.273 e. The zero-order valence-corrected chi connectivity index (χ0v) is 13.1. The molecular weight excluding hydrogens is 294 g/mol. The minimum absolute atomic E-state index is 0.0355. The van der Waals surface area contributed by atoms with Crippen LogP contribution in [0.1, 0.15) is 35.3 Å². The van der Waals surface area contributed by atoms with E-state index in [9.17, 15) is 4.79 Å². The van der Waals surface area contributed by atoms with Crippen molar-refractivity contribution in [3.8, 4) is 5.75 Å². The van der Waals surface area contributed by atoms with Crippen LogP contribution < -0.4 is 15.8 Å². The summed E-state index contributed by atoms with van der Waals surface area (Å²) >= 11 is 0. The molecule has 1 aromatic heterocycles. The van der Waals surface area contributed by atoms with Gasteiger partial charge in [-0.25, -0.2) is 4.68 Å². The second-order valence-electron chi connectivity index (χ2n) is 5.82. The van der Waals surface area contributed by atoms with Gasteiger partial charge in [0.1, 0.15) is 5.75 Å². The summed E-state index contributed by atoms with van der Waals surface area (Å²) in [6.45, 7) is 0.549. The minimum Gasteiger partial charge on any atom is -0.497 e. The first kappa shape index (κ1) is 15.5. The molecule has 23 heavy (non-hydrogen) atoms. The summed E-state index contributed by atoms with van der Waals surface area (Å²) in [6.07, 6.45) is 4.58. The molecule has 0 aliphatic heterocycles. The van der Waals surface area contributed by atoms with E-state index in [-0.39, 0.29) is 18.0 Å². The predicted molar refractivity (Wildman–Crippen MR) is 85.2 cm³/mol. The van der Waals surface area contributed by atoms with Crippen LogP contribution in [0.25, 0.3) is 0 Å². The lowest BCUT2D eigenvalue weighted by atomic mass is 10.2. The second kappa shape index (κ2) is 6.78. The van der Waals surface area contributed by atoms with Gasteiger partial charge in [-0.3, -0.25) is 4.79 Å². The van der Waals surface area contributed by atoms with Gasteiger partial charge < -0.3 is 15.8 Å². The average molecular weight is 315 g/mol. The lowest BCUT2D eigenvalue weighted by Crippen LogP contribution is -2.44. The highest BCUT2D eigenvalue weighted by atomic mass is 16.5. The molecule has 7 heteroatoms. The molecule has 3 rings (SSSR count). The van der Waals surface area contributed by atoms with Crippen molar-refractivity contribution in [3.63, 3.8) is 0 Å². The summed E-state index contributed by atoms with van der Waals surface area (Å²) < 4.78 is 6.77. The number of methoxy groups -OCH3 is 1. The Morgan fingerprint density at radius 3 is 2.83 bits per heavy atom. The third-order valence-electron chi connectivity index (χ3n) is 4.16. The van der Waals surface area contributed by atoms with Crippen LogP contribution in [-0.4, -0.2) is 40.1 Å². The van der Waals surface area contributed by atoms with Gasteiger partial charge in [0, 0.05) is 12.1 Å². The summed E-state index contributed by atoms with van der Waals surface area (Å²) in [7, 11) is 1.63. The molecule has 1 heterocycles. The molecule has 2 aromatic rings. The largest absolute Gasteiger partial charge is 0.497 e. The smallest absolute Gasteiger partial charge is 0.273 e. The summed E-state index contributed by atoms with van der Waals surface area (Å²) in [4.78, 5) is 12.2. The van der Waals surface area contributed by atoms with Gasteiger partial charge in [-0.1, -0.05) is 17.3 Å². The second-order valence-corrected chi connectivity index (χ2v) is 5.82. The first-order valence-electron chi connectivity index (χ1n) is 7.75. The summed E-state index contributed by atoms with van der Waals surface area (Å²) in [5.41, 5.74) is 7.34. The highest BCUT2D eigenvalue weighted by molar-refractivity contribution is 5.92. The molecule has 7 nitrogen and oxygen atoms in total. The van der Waals surface area contributed by atoms with E-state index in [1.165, 1.54) is 0 Å². The lowest BCUT2D eigenvalue weighted by Gasteiger charge is -2.15. The molecule has 0 bridgehead atoms. The fourth-order valence-electron chi connectivity index (χ4n) is 2.81. The van der Waals surface area contributed by atoms with Crippen LogP contribution in [0.15, 0.2) is 30.5 Å². The summed E-state index contributed by atoms with van der Waals surface area (Å²) in [5.74, 6) is 0.591. The van der Waals surface area contributed by atoms with Crippen molar-refractivity contribution < 1.29 is 9.53 Å². The van der Waals surface area contributed by atoms with Crippen LogP contribution in [0.2, 0.25) is 0 Å². The quantitative estimate of drug-likeness (QED) is 0.856. The SMILES string of the molecule is COc1ccc(Cn2cc(C(=O)N[C@@H]3CCC[C@@H]3N)nn2)cc1. The zero-order chi connectivity index (χ0) is 16.2. The van der Waals surface area contributed by atoms with Gasteiger partial charge in [-0.05, 0) is 37.0 Å². The van der Waals surface area contributed by atoms with E-state index in [4.69, 9.17) is 10.5 Å². The Morgan fingerprint density at radius 1 is 1.39 bits per heavy atom. The molecule has 1 aromatic carbocycles. The Morgan fingerprint density at radius 2 is 2.17 bits per heavy atom. The Hall–Kier alpha value is -2.41. The Bertz CT molecular complexity index is 667. The molecule has 0 unspecified atom stereocenters. The van der Waals surface area contributed by atoms with E-state index >= 15 is 0 Å². The highest BCUT2D eigenvalue weighted by Crippen LogP contribution is 2.17. The van der Waals surface area contributed by atoms with Crippen molar-refractivity contribution in [2.45, 2.75) is 37.9 Å². The van der Waals surface area contributed by atoms with Gasteiger partial charge >= 0.3 is 0 Å². The first-order chi connectivity index (χ1) is 11.2. The van der Waals surface area contributed by atoms with Crippen LogP contribution in [-0.2, 0) is 6.54 Å². The summed E-state index contributed by atoms with van der Waals surface area (Å²) in [5, 5.41) is 10.9. The molecule has 3 N–H and O–H groups in total. The number of nitrogens with zero attached hydrogens (tertiary/aromatic N) is 3. The monoisotopic (exact) mass is 315 g/mol. The maximum absolute atomic E-state index is 12.2. The van der Waals surface area contributed by atoms with E-state index < -0.39 is 0 Å². The van der Waals surface area contributed by atoms with Gasteiger partial charge in [0.2, 0.25) is 0 Å². The number of nitrogens with two attached hydrogens (primary N) is 1. The number of hydrogen-bond donors (Lipinski definition) is 2. The fraction of sp³-hybridized carbons (Fsp3) is 0.438. The normalized spacial score (nSPS) is 20.4. The van der Waals surface area contributed by atoms with E-state index in [0.717, 1.165) is 30.6 Å². The topological polar surface area (TPSA) is 95.1 Å². The fourth-order valence-corrected chi connectivity index (χ4v) is 2.81. The van der Waals surface area contributed by atoms with Gasteiger partial charge in [0.05, 0.1) is 19.9 Å². The van der Waals surface area contributed by atoms with Gasteiger partial charge in [-0.2, -0.15) is 0 Å². The molecule has 0 spiro atoms. The van der Waals surface area contributed by atoms with Crippen molar-refractivity contribution in [2.75, 3.05) is 7.11 Å². The molecule has 1 saturated carbocycles. The number of carbonyl (C=O) groups is 1. The van der Waals surface area contributed by atoms with Crippen LogP contribution in [0, 0.1) is 0 Å². The van der Waals surface area contributed by atoms with Gasteiger partial charge in [-0.15, -0.1) is 5.10 Å². The minimum atomic E-state index is -0.215. The zero-order valence-electron chi connectivity index (χ0n) is 13.1. The number of amides is 1. The maximum atomic E-state index is 12.2. The first-order valence-corrected chi connectivity index (χ1v) is 7.75. The molecule has 2 atom stereocenters. The summed E-state index contributed by atoms with van der Waals surface area (Å²) in [6, 6.07) is 7.76. The molecule has 122 valence electrons. The molecule has 0 radical (unpaired) electrons. The van der Waals surface area contributed by atoms with Crippen LogP contribution in [0.5, 0.6) is 5.75 Å². The van der Waals surface area contributed by atoms with E-state index in [0.29, 0.717) is 12.2 Å². The van der Waals surface area contributed by atoms with Crippen molar-refractivity contribution in [1.82, 2.24) is 20.3 Å². The van der Waals surface area contributed by atoms with Crippen molar-refractivity contribution in [1.29, 1.82) is 0 Å². The molecule has 1 aliphatic carbocycles. The number of carbonyl (C=O) groups excluding carboxylic acids is 1. The number of benzene rings is 1. The van der Waals surface area contributed by atoms with Crippen molar-refractivity contribution in [3.05, 3.63) is 41.7 Å².